The van der Waals surface area contributed by atoms with Gasteiger partial charge >= 0.3 is 6.18 Å². The average Bonchev–Trinajstić information content (AvgIpc) is 3.01. The number of ether oxygens (including phenoxy) is 1. The largest absolute Gasteiger partial charge is 0.418 e. The molecular formula is C16H16F3N3OS. The van der Waals surface area contributed by atoms with Crippen LogP contribution in [0.2, 0.25) is 0 Å². The zero-order chi connectivity index (χ0) is 17.9. The Morgan fingerprint density at radius 2 is 2.12 bits per heavy atom. The van der Waals surface area contributed by atoms with Crippen LogP contribution in [0.5, 0.6) is 0 Å². The Morgan fingerprint density at radius 1 is 1.42 bits per heavy atom. The van der Waals surface area contributed by atoms with Gasteiger partial charge in [0.25, 0.3) is 0 Å². The highest BCUT2D eigenvalue weighted by Gasteiger charge is 2.34. The van der Waals surface area contributed by atoms with Gasteiger partial charge in [-0.1, -0.05) is 0 Å². The zero-order valence-corrected chi connectivity index (χ0v) is 14.2. The van der Waals surface area contributed by atoms with Crippen LogP contribution in [0.25, 0.3) is 0 Å². The number of anilines is 1. The van der Waals surface area contributed by atoms with Gasteiger partial charge in [-0.2, -0.15) is 18.4 Å². The van der Waals surface area contributed by atoms with Gasteiger partial charge in [0.2, 0.25) is 0 Å². The molecular weight excluding hydrogens is 339 g/mol. The number of thiazole rings is 1. The maximum atomic E-state index is 13.3. The summed E-state index contributed by atoms with van der Waals surface area (Å²) in [6.45, 7) is 2.08. The van der Waals surface area contributed by atoms with Crippen molar-refractivity contribution in [1.29, 1.82) is 5.26 Å². The van der Waals surface area contributed by atoms with Crippen LogP contribution in [0.3, 0.4) is 0 Å². The molecule has 128 valence electrons. The molecule has 0 aliphatic heterocycles. The quantitative estimate of drug-likeness (QED) is 0.799. The molecule has 8 heteroatoms. The Bertz CT molecular complexity index is 752. The van der Waals surface area contributed by atoms with E-state index in [2.05, 4.69) is 4.98 Å². The maximum Gasteiger partial charge on any atom is 0.418 e. The van der Waals surface area contributed by atoms with Crippen molar-refractivity contribution >= 4 is 17.0 Å². The lowest BCUT2D eigenvalue weighted by Crippen LogP contribution is -2.21. The van der Waals surface area contributed by atoms with Gasteiger partial charge in [-0.3, -0.25) is 0 Å². The van der Waals surface area contributed by atoms with E-state index < -0.39 is 11.7 Å². The molecule has 0 spiro atoms. The van der Waals surface area contributed by atoms with E-state index in [1.807, 2.05) is 6.92 Å². The third-order valence-electron chi connectivity index (χ3n) is 3.51. The fourth-order valence-corrected chi connectivity index (χ4v) is 3.02. The third-order valence-corrected chi connectivity index (χ3v) is 4.57. The van der Waals surface area contributed by atoms with E-state index in [1.165, 1.54) is 28.4 Å². The first-order chi connectivity index (χ1) is 11.3. The van der Waals surface area contributed by atoms with Crippen molar-refractivity contribution in [3.05, 3.63) is 45.4 Å². The molecule has 0 saturated heterocycles. The summed E-state index contributed by atoms with van der Waals surface area (Å²) < 4.78 is 44.9. The van der Waals surface area contributed by atoms with Crippen molar-refractivity contribution in [2.24, 2.45) is 0 Å². The molecule has 0 amide bonds. The number of hydrogen-bond acceptors (Lipinski definition) is 5. The topological polar surface area (TPSA) is 49.1 Å². The summed E-state index contributed by atoms with van der Waals surface area (Å²) >= 11 is 1.41. The van der Waals surface area contributed by atoms with Gasteiger partial charge in [0, 0.05) is 25.2 Å². The van der Waals surface area contributed by atoms with E-state index in [0.717, 1.165) is 11.1 Å². The van der Waals surface area contributed by atoms with Gasteiger partial charge in [0.15, 0.2) is 0 Å². The van der Waals surface area contributed by atoms with E-state index in [0.29, 0.717) is 5.69 Å². The number of aromatic nitrogens is 1. The van der Waals surface area contributed by atoms with Crippen LogP contribution >= 0.6 is 11.3 Å². The van der Waals surface area contributed by atoms with Gasteiger partial charge < -0.3 is 9.64 Å². The van der Waals surface area contributed by atoms with Crippen molar-refractivity contribution in [3.63, 3.8) is 0 Å². The number of halogens is 3. The number of methoxy groups -OCH3 is 1. The number of nitriles is 1. The summed E-state index contributed by atoms with van der Waals surface area (Å²) in [4.78, 5) is 5.86. The number of rotatable bonds is 5. The molecule has 0 bridgehead atoms. The molecule has 2 aromatic rings. The predicted molar refractivity (Wildman–Crippen MR) is 85.8 cm³/mol. The van der Waals surface area contributed by atoms with E-state index in [-0.39, 0.29) is 23.9 Å². The minimum absolute atomic E-state index is 0.0100. The molecule has 1 aromatic heterocycles. The standard InChI is InChI=1S/C16H16F3N3OS/c1-10(23-3)15-21-12(9-24-15)8-22(2)14-5-4-11(7-20)6-13(14)16(17,18)19/h4-6,9-10H,8H2,1-3H3. The Labute approximate surface area is 142 Å². The first-order valence-corrected chi connectivity index (χ1v) is 7.93. The van der Waals surface area contributed by atoms with Gasteiger partial charge in [-0.25, -0.2) is 4.98 Å². The summed E-state index contributed by atoms with van der Waals surface area (Å²) in [6.07, 6.45) is -4.69. The summed E-state index contributed by atoms with van der Waals surface area (Å²) in [5, 5.41) is 11.4. The van der Waals surface area contributed by atoms with Gasteiger partial charge in [-0.15, -0.1) is 11.3 Å². The molecule has 2 rings (SSSR count). The molecule has 0 N–H and O–H groups in total. The van der Waals surface area contributed by atoms with E-state index >= 15 is 0 Å². The Kier molecular flexibility index (Phi) is 5.47. The van der Waals surface area contributed by atoms with Crippen molar-refractivity contribution < 1.29 is 17.9 Å². The lowest BCUT2D eigenvalue weighted by molar-refractivity contribution is -0.137. The minimum Gasteiger partial charge on any atom is -0.375 e. The highest BCUT2D eigenvalue weighted by atomic mass is 32.1. The Hall–Kier alpha value is -2.11. The van der Waals surface area contributed by atoms with Crippen molar-refractivity contribution in [2.45, 2.75) is 25.7 Å². The van der Waals surface area contributed by atoms with Crippen LogP contribution in [0.1, 0.15) is 34.9 Å². The first kappa shape index (κ1) is 18.2. The summed E-state index contributed by atoms with van der Waals surface area (Å²) in [6, 6.07) is 5.29. The molecule has 1 heterocycles. The van der Waals surface area contributed by atoms with E-state index in [1.54, 1.807) is 25.6 Å². The fraction of sp³-hybridized carbons (Fsp3) is 0.375. The van der Waals surface area contributed by atoms with Crippen LogP contribution < -0.4 is 4.90 Å². The minimum atomic E-state index is -4.53. The molecule has 4 nitrogen and oxygen atoms in total. The molecule has 24 heavy (non-hydrogen) atoms. The molecule has 0 aliphatic carbocycles. The molecule has 1 unspecified atom stereocenters. The first-order valence-electron chi connectivity index (χ1n) is 7.05. The lowest BCUT2D eigenvalue weighted by atomic mass is 10.1. The van der Waals surface area contributed by atoms with Crippen LogP contribution in [-0.2, 0) is 17.5 Å². The fourth-order valence-electron chi connectivity index (χ4n) is 2.18. The van der Waals surface area contributed by atoms with E-state index in [9.17, 15) is 13.2 Å². The second-order valence-corrected chi connectivity index (χ2v) is 6.14. The number of hydrogen-bond donors (Lipinski definition) is 0. The van der Waals surface area contributed by atoms with E-state index in [4.69, 9.17) is 10.00 Å². The SMILES string of the molecule is COC(C)c1nc(CN(C)c2ccc(C#N)cc2C(F)(F)F)cs1. The predicted octanol–water partition coefficient (Wildman–Crippen LogP) is 4.38. The highest BCUT2D eigenvalue weighted by Crippen LogP contribution is 2.37. The van der Waals surface area contributed by atoms with Gasteiger partial charge in [0.05, 0.1) is 29.4 Å². The van der Waals surface area contributed by atoms with Crippen LogP contribution in [-0.4, -0.2) is 19.1 Å². The molecule has 1 aromatic carbocycles. The van der Waals surface area contributed by atoms with Crippen molar-refractivity contribution in [2.75, 3.05) is 19.1 Å². The molecule has 0 saturated carbocycles. The zero-order valence-electron chi connectivity index (χ0n) is 13.4. The second-order valence-electron chi connectivity index (χ2n) is 5.25. The lowest BCUT2D eigenvalue weighted by Gasteiger charge is -2.23. The van der Waals surface area contributed by atoms with Gasteiger partial charge in [0.1, 0.15) is 11.1 Å². The van der Waals surface area contributed by atoms with Crippen LogP contribution in [0, 0.1) is 11.3 Å². The number of nitrogens with zero attached hydrogens (tertiary/aromatic N) is 3. The van der Waals surface area contributed by atoms with Crippen molar-refractivity contribution in [1.82, 2.24) is 4.98 Å². The number of benzene rings is 1. The Balaban J connectivity index is 2.28. The monoisotopic (exact) mass is 355 g/mol. The molecule has 0 fully saturated rings. The smallest absolute Gasteiger partial charge is 0.375 e. The average molecular weight is 355 g/mol. The van der Waals surface area contributed by atoms with Crippen LogP contribution in [0.4, 0.5) is 18.9 Å². The molecule has 1 atom stereocenters. The maximum absolute atomic E-state index is 13.3. The highest BCUT2D eigenvalue weighted by molar-refractivity contribution is 7.09. The third kappa shape index (κ3) is 4.04. The normalized spacial score (nSPS) is 12.7. The molecule has 0 radical (unpaired) electrons. The summed E-state index contributed by atoms with van der Waals surface area (Å²) in [7, 11) is 3.14. The second kappa shape index (κ2) is 7.20. The van der Waals surface area contributed by atoms with Gasteiger partial charge in [-0.05, 0) is 25.1 Å². The number of alkyl halides is 3. The summed E-state index contributed by atoms with van der Waals surface area (Å²) in [5.74, 6) is 0. The summed E-state index contributed by atoms with van der Waals surface area (Å²) in [5.41, 5.74) is -0.177. The van der Waals surface area contributed by atoms with Crippen LogP contribution in [0.15, 0.2) is 23.6 Å². The Morgan fingerprint density at radius 3 is 2.71 bits per heavy atom. The van der Waals surface area contributed by atoms with Crippen molar-refractivity contribution in [3.8, 4) is 6.07 Å². The molecule has 0 aliphatic rings.